The first kappa shape index (κ1) is 16.8. The highest BCUT2D eigenvalue weighted by molar-refractivity contribution is 5.97. The van der Waals surface area contributed by atoms with Gasteiger partial charge in [-0.3, -0.25) is 4.79 Å². The van der Waals surface area contributed by atoms with Crippen molar-refractivity contribution in [2.24, 2.45) is 0 Å². The molecule has 2 aromatic rings. The molecule has 0 atom stereocenters. The van der Waals surface area contributed by atoms with E-state index in [4.69, 9.17) is 4.74 Å². The van der Waals surface area contributed by atoms with Crippen molar-refractivity contribution in [2.75, 3.05) is 13.1 Å². The molecule has 2 aliphatic rings. The summed E-state index contributed by atoms with van der Waals surface area (Å²) in [5.74, 6) is -0.168. The smallest absolute Gasteiger partial charge is 0.339 e. The molecule has 2 aliphatic heterocycles. The topological polar surface area (TPSA) is 46.6 Å². The fourth-order valence-corrected chi connectivity index (χ4v) is 4.46. The zero-order valence-electron chi connectivity index (χ0n) is 15.5. The van der Waals surface area contributed by atoms with Crippen molar-refractivity contribution in [3.05, 3.63) is 69.8 Å². The Bertz CT molecular complexity index is 884. The van der Waals surface area contributed by atoms with Crippen molar-refractivity contribution in [1.82, 2.24) is 4.90 Å². The second-order valence-corrected chi connectivity index (χ2v) is 7.50. The van der Waals surface area contributed by atoms with Crippen LogP contribution in [-0.2, 0) is 10.3 Å². The maximum Gasteiger partial charge on any atom is 0.339 e. The van der Waals surface area contributed by atoms with Crippen LogP contribution in [0.4, 0.5) is 0 Å². The van der Waals surface area contributed by atoms with Crippen LogP contribution in [-0.4, -0.2) is 29.9 Å². The van der Waals surface area contributed by atoms with Gasteiger partial charge in [-0.1, -0.05) is 35.9 Å². The fourth-order valence-electron chi connectivity index (χ4n) is 4.46. The minimum absolute atomic E-state index is 0.0764. The molecule has 26 heavy (non-hydrogen) atoms. The third-order valence-electron chi connectivity index (χ3n) is 5.68. The summed E-state index contributed by atoms with van der Waals surface area (Å²) < 4.78 is 5.78. The number of hydrogen-bond acceptors (Lipinski definition) is 3. The van der Waals surface area contributed by atoms with Gasteiger partial charge in [0.1, 0.15) is 5.60 Å². The number of carbonyl (C=O) groups excluding carboxylic acids is 2. The van der Waals surface area contributed by atoms with Gasteiger partial charge >= 0.3 is 5.97 Å². The second kappa shape index (κ2) is 5.97. The minimum atomic E-state index is -0.568. The summed E-state index contributed by atoms with van der Waals surface area (Å²) in [4.78, 5) is 27.2. The average molecular weight is 349 g/mol. The number of piperidine rings is 1. The zero-order valence-corrected chi connectivity index (χ0v) is 15.5. The molecule has 0 unspecified atom stereocenters. The third-order valence-corrected chi connectivity index (χ3v) is 5.68. The van der Waals surface area contributed by atoms with Crippen molar-refractivity contribution in [3.63, 3.8) is 0 Å². The third kappa shape index (κ3) is 2.52. The molecule has 1 saturated heterocycles. The van der Waals surface area contributed by atoms with E-state index in [9.17, 15) is 9.59 Å². The van der Waals surface area contributed by atoms with Crippen LogP contribution in [0.15, 0.2) is 36.4 Å². The molecular formula is C22H23NO3. The number of likely N-dealkylation sites (tertiary alicyclic amines) is 1. The number of carbonyl (C=O) groups is 2. The molecule has 4 nitrogen and oxygen atoms in total. The van der Waals surface area contributed by atoms with E-state index >= 15 is 0 Å². The van der Waals surface area contributed by atoms with E-state index in [0.717, 1.165) is 22.3 Å². The number of hydrogen-bond donors (Lipinski definition) is 0. The Morgan fingerprint density at radius 2 is 1.65 bits per heavy atom. The lowest BCUT2D eigenvalue weighted by molar-refractivity contribution is -0.0389. The predicted octanol–water partition coefficient (Wildman–Crippen LogP) is 3.91. The van der Waals surface area contributed by atoms with Gasteiger partial charge in [0.15, 0.2) is 0 Å². The zero-order chi connectivity index (χ0) is 18.5. The normalized spacial score (nSPS) is 18.0. The molecule has 2 aromatic carbocycles. The SMILES string of the molecule is Cc1cc(C)c(C(=O)N2CCC3(CC2)OC(=O)c2ccccc23)c(C)c1. The molecule has 0 aliphatic carbocycles. The summed E-state index contributed by atoms with van der Waals surface area (Å²) in [6, 6.07) is 11.7. The lowest BCUT2D eigenvalue weighted by Gasteiger charge is -2.39. The summed E-state index contributed by atoms with van der Waals surface area (Å²) in [6.45, 7) is 7.21. The van der Waals surface area contributed by atoms with Gasteiger partial charge in [0.05, 0.1) is 5.56 Å². The van der Waals surface area contributed by atoms with Crippen LogP contribution >= 0.6 is 0 Å². The first-order valence-corrected chi connectivity index (χ1v) is 9.11. The molecular weight excluding hydrogens is 326 g/mol. The number of amides is 1. The van der Waals surface area contributed by atoms with Gasteiger partial charge in [-0.05, 0) is 38.0 Å². The lowest BCUT2D eigenvalue weighted by atomic mass is 9.83. The van der Waals surface area contributed by atoms with Crippen LogP contribution in [0, 0.1) is 20.8 Å². The van der Waals surface area contributed by atoms with E-state index in [1.54, 1.807) is 0 Å². The Balaban J connectivity index is 1.57. The number of esters is 1. The van der Waals surface area contributed by atoms with Gasteiger partial charge in [0.2, 0.25) is 0 Å². The monoisotopic (exact) mass is 349 g/mol. The molecule has 0 bridgehead atoms. The van der Waals surface area contributed by atoms with E-state index < -0.39 is 5.60 Å². The van der Waals surface area contributed by atoms with Crippen molar-refractivity contribution in [3.8, 4) is 0 Å². The molecule has 4 rings (SSSR count). The molecule has 4 heteroatoms. The molecule has 0 saturated carbocycles. The second-order valence-electron chi connectivity index (χ2n) is 7.50. The van der Waals surface area contributed by atoms with Crippen molar-refractivity contribution in [1.29, 1.82) is 0 Å². The standard InChI is InChI=1S/C22H23NO3/c1-14-12-15(2)19(16(3)13-14)20(24)23-10-8-22(9-11-23)18-7-5-4-6-17(18)21(25)26-22/h4-7,12-13H,8-11H2,1-3H3. The van der Waals surface area contributed by atoms with Crippen molar-refractivity contribution in [2.45, 2.75) is 39.2 Å². The number of rotatable bonds is 1. The average Bonchev–Trinajstić information content (AvgIpc) is 2.87. The Morgan fingerprint density at radius 1 is 1.04 bits per heavy atom. The summed E-state index contributed by atoms with van der Waals surface area (Å²) >= 11 is 0. The molecule has 0 N–H and O–H groups in total. The largest absolute Gasteiger partial charge is 0.450 e. The van der Waals surface area contributed by atoms with Crippen LogP contribution in [0.25, 0.3) is 0 Å². The Hall–Kier alpha value is -2.62. The highest BCUT2D eigenvalue weighted by Crippen LogP contribution is 2.44. The molecule has 1 fully saturated rings. The van der Waals surface area contributed by atoms with Gasteiger partial charge in [0, 0.05) is 37.1 Å². The predicted molar refractivity (Wildman–Crippen MR) is 99.3 cm³/mol. The number of aryl methyl sites for hydroxylation is 3. The number of ether oxygens (including phenoxy) is 1. The Kier molecular flexibility index (Phi) is 3.87. The summed E-state index contributed by atoms with van der Waals surface area (Å²) in [5, 5.41) is 0. The van der Waals surface area contributed by atoms with Gasteiger partial charge in [-0.25, -0.2) is 4.79 Å². The van der Waals surface area contributed by atoms with Gasteiger partial charge in [-0.2, -0.15) is 0 Å². The van der Waals surface area contributed by atoms with E-state index in [0.29, 0.717) is 31.5 Å². The molecule has 1 amide bonds. The summed E-state index contributed by atoms with van der Waals surface area (Å²) in [7, 11) is 0. The number of nitrogens with zero attached hydrogens (tertiary/aromatic N) is 1. The first-order valence-electron chi connectivity index (χ1n) is 9.11. The van der Waals surface area contributed by atoms with Gasteiger partial charge in [-0.15, -0.1) is 0 Å². The van der Waals surface area contributed by atoms with Crippen LogP contribution in [0.3, 0.4) is 0 Å². The molecule has 2 heterocycles. The Labute approximate surface area is 153 Å². The van der Waals surface area contributed by atoms with Crippen LogP contribution in [0.5, 0.6) is 0 Å². The van der Waals surface area contributed by atoms with Crippen LogP contribution in [0.2, 0.25) is 0 Å². The van der Waals surface area contributed by atoms with Crippen molar-refractivity contribution >= 4 is 11.9 Å². The Morgan fingerprint density at radius 3 is 2.31 bits per heavy atom. The number of fused-ring (bicyclic) bond motifs is 2. The highest BCUT2D eigenvalue weighted by atomic mass is 16.6. The number of benzene rings is 2. The highest BCUT2D eigenvalue weighted by Gasteiger charge is 2.47. The molecule has 0 radical (unpaired) electrons. The van der Waals surface area contributed by atoms with Gasteiger partial charge < -0.3 is 9.64 Å². The van der Waals surface area contributed by atoms with Crippen LogP contribution < -0.4 is 0 Å². The molecule has 0 aromatic heterocycles. The summed E-state index contributed by atoms with van der Waals surface area (Å²) in [6.07, 6.45) is 1.29. The van der Waals surface area contributed by atoms with E-state index in [-0.39, 0.29) is 11.9 Å². The fraction of sp³-hybridized carbons (Fsp3) is 0.364. The molecule has 134 valence electrons. The van der Waals surface area contributed by atoms with Gasteiger partial charge in [0.25, 0.3) is 5.91 Å². The van der Waals surface area contributed by atoms with E-state index in [1.165, 1.54) is 5.56 Å². The quantitative estimate of drug-likeness (QED) is 0.733. The van der Waals surface area contributed by atoms with Crippen LogP contribution in [0.1, 0.15) is 55.8 Å². The first-order chi connectivity index (χ1) is 12.4. The van der Waals surface area contributed by atoms with Crippen molar-refractivity contribution < 1.29 is 14.3 Å². The van der Waals surface area contributed by atoms with E-state index in [1.807, 2.05) is 49.9 Å². The maximum atomic E-state index is 13.1. The minimum Gasteiger partial charge on any atom is -0.450 e. The maximum absolute atomic E-state index is 13.1. The van der Waals surface area contributed by atoms with E-state index in [2.05, 4.69) is 12.1 Å². The lowest BCUT2D eigenvalue weighted by Crippen LogP contribution is -2.45. The summed E-state index contributed by atoms with van der Waals surface area (Å²) in [5.41, 5.74) is 5.08. The molecule has 1 spiro atoms.